The Kier molecular flexibility index (Phi) is 6.14. The third-order valence-corrected chi connectivity index (χ3v) is 4.55. The summed E-state index contributed by atoms with van der Waals surface area (Å²) in [5.41, 5.74) is 3.01. The minimum Gasteiger partial charge on any atom is -0.493 e. The Labute approximate surface area is 159 Å². The van der Waals surface area contributed by atoms with E-state index in [4.69, 9.17) is 9.47 Å². The van der Waals surface area contributed by atoms with Crippen molar-refractivity contribution in [3.63, 3.8) is 0 Å². The van der Waals surface area contributed by atoms with Crippen LogP contribution in [-0.4, -0.2) is 28.4 Å². The summed E-state index contributed by atoms with van der Waals surface area (Å²) in [5, 5.41) is 10.3. The van der Waals surface area contributed by atoms with Crippen molar-refractivity contribution in [3.8, 4) is 11.5 Å². The third-order valence-electron chi connectivity index (χ3n) is 4.55. The van der Waals surface area contributed by atoms with Gasteiger partial charge in [0.25, 0.3) is 0 Å². The van der Waals surface area contributed by atoms with E-state index >= 15 is 0 Å². The van der Waals surface area contributed by atoms with Crippen LogP contribution in [0.5, 0.6) is 11.5 Å². The Morgan fingerprint density at radius 3 is 2.78 bits per heavy atom. The predicted octanol–water partition coefficient (Wildman–Crippen LogP) is 4.30. The molecule has 0 aliphatic rings. The van der Waals surface area contributed by atoms with Crippen molar-refractivity contribution in [2.75, 3.05) is 13.7 Å². The van der Waals surface area contributed by atoms with E-state index in [2.05, 4.69) is 11.6 Å². The highest BCUT2D eigenvalue weighted by Crippen LogP contribution is 2.29. The zero-order valence-corrected chi connectivity index (χ0v) is 15.9. The van der Waals surface area contributed by atoms with Gasteiger partial charge in [0.2, 0.25) is 0 Å². The molecule has 0 saturated carbocycles. The molecule has 0 aliphatic heterocycles. The van der Waals surface area contributed by atoms with Crippen LogP contribution in [-0.2, 0) is 13.0 Å². The molecule has 0 amide bonds. The molecular formula is C22H26N2O3. The van der Waals surface area contributed by atoms with Gasteiger partial charge >= 0.3 is 0 Å². The van der Waals surface area contributed by atoms with Gasteiger partial charge in [-0.05, 0) is 42.7 Å². The molecule has 0 radical (unpaired) electrons. The van der Waals surface area contributed by atoms with Gasteiger partial charge in [0.05, 0.1) is 24.7 Å². The summed E-state index contributed by atoms with van der Waals surface area (Å²) in [5.74, 6) is 2.08. The second-order valence-electron chi connectivity index (χ2n) is 6.36. The second kappa shape index (κ2) is 8.73. The molecule has 1 heterocycles. The van der Waals surface area contributed by atoms with Crippen molar-refractivity contribution in [3.05, 3.63) is 66.5 Å². The van der Waals surface area contributed by atoms with Crippen molar-refractivity contribution in [1.82, 2.24) is 9.55 Å². The molecule has 1 atom stereocenters. The summed E-state index contributed by atoms with van der Waals surface area (Å²) in [4.78, 5) is 4.60. The summed E-state index contributed by atoms with van der Waals surface area (Å²) < 4.78 is 13.5. The summed E-state index contributed by atoms with van der Waals surface area (Å²) >= 11 is 0. The fourth-order valence-corrected chi connectivity index (χ4v) is 3.14. The topological polar surface area (TPSA) is 56.5 Å². The number of rotatable bonds is 9. The number of hydrogen-bond acceptors (Lipinski definition) is 4. The second-order valence-corrected chi connectivity index (χ2v) is 6.36. The molecule has 1 unspecified atom stereocenters. The van der Waals surface area contributed by atoms with Gasteiger partial charge in [0.15, 0.2) is 11.5 Å². The summed E-state index contributed by atoms with van der Waals surface area (Å²) in [6.45, 7) is 6.74. The number of allylic oxidation sites excluding steroid dienone is 1. The molecule has 3 rings (SSSR count). The van der Waals surface area contributed by atoms with Crippen LogP contribution in [0.3, 0.4) is 0 Å². The van der Waals surface area contributed by atoms with E-state index in [1.807, 2.05) is 60.0 Å². The first-order valence-electron chi connectivity index (χ1n) is 9.21. The van der Waals surface area contributed by atoms with E-state index in [1.165, 1.54) is 0 Å². The number of aromatic nitrogens is 2. The number of para-hydroxylation sites is 2. The molecule has 0 fully saturated rings. The maximum atomic E-state index is 10.3. The van der Waals surface area contributed by atoms with Crippen LogP contribution in [0.25, 0.3) is 11.0 Å². The lowest BCUT2D eigenvalue weighted by Crippen LogP contribution is -2.14. The van der Waals surface area contributed by atoms with E-state index in [0.29, 0.717) is 36.9 Å². The van der Waals surface area contributed by atoms with Crippen LogP contribution >= 0.6 is 0 Å². The standard InChI is InChI=1S/C22H26N2O3/c1-4-8-16-11-12-20(21(15-16)26-3)27-14-13-24-18-10-7-6-9-17(18)23-22(24)19(25)5-2/h4,6-7,9-12,15,19,25H,1,5,8,13-14H2,2-3H3. The lowest BCUT2D eigenvalue weighted by molar-refractivity contribution is 0.157. The number of aliphatic hydroxyl groups excluding tert-OH is 1. The smallest absolute Gasteiger partial charge is 0.161 e. The quantitative estimate of drug-likeness (QED) is 0.574. The number of aliphatic hydroxyl groups is 1. The van der Waals surface area contributed by atoms with Crippen molar-refractivity contribution in [2.24, 2.45) is 0 Å². The molecule has 27 heavy (non-hydrogen) atoms. The molecule has 5 nitrogen and oxygen atoms in total. The number of methoxy groups -OCH3 is 1. The van der Waals surface area contributed by atoms with E-state index in [1.54, 1.807) is 7.11 Å². The normalized spacial score (nSPS) is 12.1. The summed E-state index contributed by atoms with van der Waals surface area (Å²) in [7, 11) is 1.64. The summed E-state index contributed by atoms with van der Waals surface area (Å²) in [6.07, 6.45) is 2.67. The molecule has 1 aromatic heterocycles. The zero-order chi connectivity index (χ0) is 19.2. The molecule has 0 spiro atoms. The number of nitrogens with zero attached hydrogens (tertiary/aromatic N) is 2. The van der Waals surface area contributed by atoms with Crippen LogP contribution in [0.15, 0.2) is 55.1 Å². The molecule has 5 heteroatoms. The molecule has 0 aliphatic carbocycles. The average molecular weight is 366 g/mol. The predicted molar refractivity (Wildman–Crippen MR) is 107 cm³/mol. The van der Waals surface area contributed by atoms with E-state index in [0.717, 1.165) is 23.0 Å². The van der Waals surface area contributed by atoms with E-state index in [9.17, 15) is 5.11 Å². The third kappa shape index (κ3) is 4.14. The van der Waals surface area contributed by atoms with Gasteiger partial charge in [-0.15, -0.1) is 6.58 Å². The van der Waals surface area contributed by atoms with Gasteiger partial charge in [0.1, 0.15) is 18.5 Å². The minimum absolute atomic E-state index is 0.445. The maximum Gasteiger partial charge on any atom is 0.161 e. The molecular weight excluding hydrogens is 340 g/mol. The van der Waals surface area contributed by atoms with Crippen LogP contribution < -0.4 is 9.47 Å². The fourth-order valence-electron chi connectivity index (χ4n) is 3.14. The van der Waals surface area contributed by atoms with Gasteiger partial charge in [-0.2, -0.15) is 0 Å². The Morgan fingerprint density at radius 1 is 1.22 bits per heavy atom. The SMILES string of the molecule is C=CCc1ccc(OCCn2c(C(O)CC)nc3ccccc32)c(OC)c1. The first kappa shape index (κ1) is 19.0. The molecule has 0 saturated heterocycles. The number of imidazole rings is 1. The Morgan fingerprint density at radius 2 is 2.04 bits per heavy atom. The zero-order valence-electron chi connectivity index (χ0n) is 15.9. The number of fused-ring (bicyclic) bond motifs is 1. The van der Waals surface area contributed by atoms with Gasteiger partial charge < -0.3 is 19.1 Å². The maximum absolute atomic E-state index is 10.3. The molecule has 2 aromatic carbocycles. The fraction of sp³-hybridized carbons (Fsp3) is 0.318. The van der Waals surface area contributed by atoms with E-state index < -0.39 is 6.10 Å². The Balaban J connectivity index is 1.78. The first-order valence-corrected chi connectivity index (χ1v) is 9.21. The molecule has 1 N–H and O–H groups in total. The first-order chi connectivity index (χ1) is 13.2. The van der Waals surface area contributed by atoms with Gasteiger partial charge in [-0.3, -0.25) is 0 Å². The average Bonchev–Trinajstić information content (AvgIpc) is 3.07. The lowest BCUT2D eigenvalue weighted by atomic mass is 10.1. The van der Waals surface area contributed by atoms with E-state index in [-0.39, 0.29) is 0 Å². The number of hydrogen-bond donors (Lipinski definition) is 1. The van der Waals surface area contributed by atoms with Crippen LogP contribution in [0, 0.1) is 0 Å². The molecule has 3 aromatic rings. The Hall–Kier alpha value is -2.79. The number of benzene rings is 2. The minimum atomic E-state index is -0.592. The highest BCUT2D eigenvalue weighted by Gasteiger charge is 2.16. The van der Waals surface area contributed by atoms with Gasteiger partial charge in [0, 0.05) is 0 Å². The van der Waals surface area contributed by atoms with Crippen LogP contribution in [0.2, 0.25) is 0 Å². The monoisotopic (exact) mass is 366 g/mol. The van der Waals surface area contributed by atoms with Crippen LogP contribution in [0.1, 0.15) is 30.8 Å². The van der Waals surface area contributed by atoms with Crippen LogP contribution in [0.4, 0.5) is 0 Å². The van der Waals surface area contributed by atoms with Crippen molar-refractivity contribution in [1.29, 1.82) is 0 Å². The highest BCUT2D eigenvalue weighted by atomic mass is 16.5. The van der Waals surface area contributed by atoms with Gasteiger partial charge in [-0.25, -0.2) is 4.98 Å². The van der Waals surface area contributed by atoms with Crippen molar-refractivity contribution in [2.45, 2.75) is 32.4 Å². The lowest BCUT2D eigenvalue weighted by Gasteiger charge is -2.15. The van der Waals surface area contributed by atoms with Crippen molar-refractivity contribution < 1.29 is 14.6 Å². The Bertz CT molecular complexity index is 917. The molecule has 0 bridgehead atoms. The van der Waals surface area contributed by atoms with Crippen molar-refractivity contribution >= 4 is 11.0 Å². The molecule has 142 valence electrons. The number of ether oxygens (including phenoxy) is 2. The van der Waals surface area contributed by atoms with Gasteiger partial charge in [-0.1, -0.05) is 31.2 Å². The largest absolute Gasteiger partial charge is 0.493 e. The summed E-state index contributed by atoms with van der Waals surface area (Å²) in [6, 6.07) is 13.8. The highest BCUT2D eigenvalue weighted by molar-refractivity contribution is 5.76.